The van der Waals surface area contributed by atoms with E-state index in [1.165, 1.54) is 10.4 Å². The van der Waals surface area contributed by atoms with Crippen LogP contribution in [0.1, 0.15) is 40.0 Å². The van der Waals surface area contributed by atoms with E-state index >= 15 is 0 Å². The zero-order valence-electron chi connectivity index (χ0n) is 16.9. The second kappa shape index (κ2) is 8.27. The SMILES string of the molecule is CC(C)(C)[Si](OCC1CCC(N)C(N)C1)(c1ccccc1)c1ccccc1. The molecule has 1 fully saturated rings. The summed E-state index contributed by atoms with van der Waals surface area (Å²) < 4.78 is 7.03. The van der Waals surface area contributed by atoms with Crippen molar-refractivity contribution in [2.45, 2.75) is 57.2 Å². The standard InChI is InChI=1S/C23H34N2OSi/c1-23(2,3)27(19-10-6-4-7-11-19,20-12-8-5-9-13-20)26-17-18-14-15-21(24)22(25)16-18/h4-13,18,21-22H,14-17,24-25H2,1-3H3. The highest BCUT2D eigenvalue weighted by Gasteiger charge is 2.50. The molecule has 1 saturated carbocycles. The Balaban J connectivity index is 1.97. The van der Waals surface area contributed by atoms with E-state index in [9.17, 15) is 0 Å². The normalized spacial score (nSPS) is 24.0. The summed E-state index contributed by atoms with van der Waals surface area (Å²) >= 11 is 0. The van der Waals surface area contributed by atoms with E-state index in [2.05, 4.69) is 81.4 Å². The maximum absolute atomic E-state index is 7.03. The van der Waals surface area contributed by atoms with Gasteiger partial charge in [0.2, 0.25) is 0 Å². The van der Waals surface area contributed by atoms with Crippen molar-refractivity contribution in [3.8, 4) is 0 Å². The fraction of sp³-hybridized carbons (Fsp3) is 0.478. The molecule has 3 unspecified atom stereocenters. The van der Waals surface area contributed by atoms with Gasteiger partial charge in [0.25, 0.3) is 8.32 Å². The lowest BCUT2D eigenvalue weighted by Gasteiger charge is -2.44. The molecular formula is C23H34N2OSi. The average molecular weight is 383 g/mol. The van der Waals surface area contributed by atoms with Gasteiger partial charge in [0.05, 0.1) is 0 Å². The number of benzene rings is 2. The molecule has 0 bridgehead atoms. The molecule has 0 aliphatic heterocycles. The minimum atomic E-state index is -2.44. The van der Waals surface area contributed by atoms with Crippen molar-refractivity contribution in [3.05, 3.63) is 60.7 Å². The van der Waals surface area contributed by atoms with Crippen molar-refractivity contribution in [3.63, 3.8) is 0 Å². The van der Waals surface area contributed by atoms with Crippen LogP contribution in [-0.2, 0) is 4.43 Å². The van der Waals surface area contributed by atoms with Gasteiger partial charge < -0.3 is 15.9 Å². The highest BCUT2D eigenvalue weighted by molar-refractivity contribution is 6.99. The maximum Gasteiger partial charge on any atom is 0.261 e. The molecule has 0 aromatic heterocycles. The van der Waals surface area contributed by atoms with Crippen molar-refractivity contribution in [1.82, 2.24) is 0 Å². The molecule has 0 heterocycles. The Bertz CT molecular complexity index is 675. The van der Waals surface area contributed by atoms with Crippen LogP contribution in [0.15, 0.2) is 60.7 Å². The quantitative estimate of drug-likeness (QED) is 0.782. The molecule has 0 amide bonds. The number of hydrogen-bond acceptors (Lipinski definition) is 3. The third kappa shape index (κ3) is 4.19. The van der Waals surface area contributed by atoms with Crippen molar-refractivity contribution in [1.29, 1.82) is 0 Å². The lowest BCUT2D eigenvalue weighted by molar-refractivity contribution is 0.179. The molecule has 146 valence electrons. The number of rotatable bonds is 5. The van der Waals surface area contributed by atoms with Gasteiger partial charge in [-0.25, -0.2) is 0 Å². The van der Waals surface area contributed by atoms with Gasteiger partial charge >= 0.3 is 0 Å². The van der Waals surface area contributed by atoms with E-state index in [0.29, 0.717) is 5.92 Å². The Morgan fingerprint density at radius 3 is 1.81 bits per heavy atom. The first kappa shape index (κ1) is 20.3. The molecular weight excluding hydrogens is 348 g/mol. The highest BCUT2D eigenvalue weighted by atomic mass is 28.4. The van der Waals surface area contributed by atoms with Crippen LogP contribution in [0.25, 0.3) is 0 Å². The molecule has 0 radical (unpaired) electrons. The summed E-state index contributed by atoms with van der Waals surface area (Å²) in [7, 11) is -2.44. The van der Waals surface area contributed by atoms with Crippen LogP contribution in [0.5, 0.6) is 0 Å². The summed E-state index contributed by atoms with van der Waals surface area (Å²) in [4.78, 5) is 0. The molecule has 2 aromatic rings. The first-order chi connectivity index (χ1) is 12.8. The van der Waals surface area contributed by atoms with Crippen LogP contribution in [-0.4, -0.2) is 27.0 Å². The predicted molar refractivity (Wildman–Crippen MR) is 117 cm³/mol. The lowest BCUT2D eigenvalue weighted by atomic mass is 9.84. The van der Waals surface area contributed by atoms with E-state index in [0.717, 1.165) is 25.9 Å². The topological polar surface area (TPSA) is 61.3 Å². The predicted octanol–water partition coefficient (Wildman–Crippen LogP) is 3.02. The molecule has 3 atom stereocenters. The third-order valence-corrected chi connectivity index (χ3v) is 11.0. The largest absolute Gasteiger partial charge is 0.407 e. The minimum Gasteiger partial charge on any atom is -0.407 e. The maximum atomic E-state index is 7.03. The van der Waals surface area contributed by atoms with Gasteiger partial charge in [-0.05, 0) is 40.6 Å². The van der Waals surface area contributed by atoms with Crippen molar-refractivity contribution < 1.29 is 4.43 Å². The second-order valence-corrected chi connectivity index (χ2v) is 13.3. The molecule has 0 saturated heterocycles. The summed E-state index contributed by atoms with van der Waals surface area (Å²) in [5.41, 5.74) is 12.4. The molecule has 3 nitrogen and oxygen atoms in total. The summed E-state index contributed by atoms with van der Waals surface area (Å²) in [6, 6.07) is 21.9. The molecule has 27 heavy (non-hydrogen) atoms. The average Bonchev–Trinajstić information content (AvgIpc) is 2.66. The van der Waals surface area contributed by atoms with Crippen LogP contribution < -0.4 is 21.8 Å². The second-order valence-electron chi connectivity index (χ2n) is 8.98. The van der Waals surface area contributed by atoms with Crippen LogP contribution in [0.3, 0.4) is 0 Å². The zero-order chi connectivity index (χ0) is 19.5. The van der Waals surface area contributed by atoms with Crippen molar-refractivity contribution in [2.24, 2.45) is 17.4 Å². The molecule has 3 rings (SSSR count). The van der Waals surface area contributed by atoms with Gasteiger partial charge in [0, 0.05) is 18.7 Å². The third-order valence-electron chi connectivity index (χ3n) is 6.02. The van der Waals surface area contributed by atoms with Crippen LogP contribution in [0, 0.1) is 5.92 Å². The van der Waals surface area contributed by atoms with Crippen molar-refractivity contribution in [2.75, 3.05) is 6.61 Å². The molecule has 0 spiro atoms. The van der Waals surface area contributed by atoms with E-state index < -0.39 is 8.32 Å². The summed E-state index contributed by atoms with van der Waals surface area (Å²) in [5, 5.41) is 2.68. The number of nitrogens with two attached hydrogens (primary N) is 2. The van der Waals surface area contributed by atoms with E-state index in [1.807, 2.05) is 0 Å². The molecule has 1 aliphatic rings. The first-order valence-electron chi connectivity index (χ1n) is 10.1. The monoisotopic (exact) mass is 382 g/mol. The summed E-state index contributed by atoms with van der Waals surface area (Å²) in [5.74, 6) is 0.487. The van der Waals surface area contributed by atoms with Gasteiger partial charge in [-0.3, -0.25) is 0 Å². The van der Waals surface area contributed by atoms with Crippen molar-refractivity contribution >= 4 is 18.7 Å². The highest BCUT2D eigenvalue weighted by Crippen LogP contribution is 2.37. The summed E-state index contributed by atoms with van der Waals surface area (Å²) in [6.45, 7) is 7.72. The Labute approximate surface area is 165 Å². The van der Waals surface area contributed by atoms with E-state index in [1.54, 1.807) is 0 Å². The Hall–Kier alpha value is -1.46. The fourth-order valence-corrected chi connectivity index (χ4v) is 9.12. The minimum absolute atomic E-state index is 0.0168. The molecule has 1 aliphatic carbocycles. The van der Waals surface area contributed by atoms with Gasteiger partial charge in [-0.15, -0.1) is 0 Å². The fourth-order valence-electron chi connectivity index (χ4n) is 4.48. The van der Waals surface area contributed by atoms with Crippen LogP contribution in [0.2, 0.25) is 5.04 Å². The Morgan fingerprint density at radius 2 is 1.37 bits per heavy atom. The van der Waals surface area contributed by atoms with Crippen LogP contribution >= 0.6 is 0 Å². The van der Waals surface area contributed by atoms with Crippen LogP contribution in [0.4, 0.5) is 0 Å². The van der Waals surface area contributed by atoms with E-state index in [-0.39, 0.29) is 17.1 Å². The Morgan fingerprint density at radius 1 is 0.852 bits per heavy atom. The molecule has 4 N–H and O–H groups in total. The summed E-state index contributed by atoms with van der Waals surface area (Å²) in [6.07, 6.45) is 3.06. The zero-order valence-corrected chi connectivity index (χ0v) is 17.9. The molecule has 4 heteroatoms. The smallest absolute Gasteiger partial charge is 0.261 e. The van der Waals surface area contributed by atoms with Gasteiger partial charge in [0.15, 0.2) is 0 Å². The first-order valence-corrected chi connectivity index (χ1v) is 12.0. The lowest BCUT2D eigenvalue weighted by Crippen LogP contribution is -2.67. The van der Waals surface area contributed by atoms with Gasteiger partial charge in [-0.1, -0.05) is 81.4 Å². The van der Waals surface area contributed by atoms with E-state index in [4.69, 9.17) is 15.9 Å². The Kier molecular flexibility index (Phi) is 6.21. The van der Waals surface area contributed by atoms with Gasteiger partial charge in [-0.2, -0.15) is 0 Å². The van der Waals surface area contributed by atoms with Gasteiger partial charge in [0.1, 0.15) is 0 Å². The molecule has 2 aromatic carbocycles. The number of hydrogen-bond donors (Lipinski definition) is 2.